The van der Waals surface area contributed by atoms with Crippen molar-refractivity contribution in [3.05, 3.63) is 30.1 Å². The SMILES string of the molecule is COCC1CCS(=O)(=O)C12CN(C(=O)c1ccncc1)C2. The van der Waals surface area contributed by atoms with Gasteiger partial charge in [-0.05, 0) is 18.6 Å². The van der Waals surface area contributed by atoms with E-state index >= 15 is 0 Å². The van der Waals surface area contributed by atoms with Crippen LogP contribution < -0.4 is 0 Å². The van der Waals surface area contributed by atoms with Gasteiger partial charge in [0.1, 0.15) is 4.75 Å². The summed E-state index contributed by atoms with van der Waals surface area (Å²) in [7, 11) is -1.58. The van der Waals surface area contributed by atoms with Crippen molar-refractivity contribution in [1.29, 1.82) is 0 Å². The lowest BCUT2D eigenvalue weighted by Gasteiger charge is -2.49. The highest BCUT2D eigenvalue weighted by Crippen LogP contribution is 2.45. The number of likely N-dealkylation sites (tertiary alicyclic amines) is 1. The van der Waals surface area contributed by atoms with Crippen LogP contribution in [0, 0.1) is 5.92 Å². The van der Waals surface area contributed by atoms with Gasteiger partial charge in [0.05, 0.1) is 12.4 Å². The van der Waals surface area contributed by atoms with E-state index in [0.717, 1.165) is 0 Å². The number of carbonyl (C=O) groups is 1. The van der Waals surface area contributed by atoms with Gasteiger partial charge in [0.2, 0.25) is 0 Å². The Kier molecular flexibility index (Phi) is 3.49. The maximum Gasteiger partial charge on any atom is 0.254 e. The fraction of sp³-hybridized carbons (Fsp3) is 0.571. The Morgan fingerprint density at radius 3 is 2.71 bits per heavy atom. The van der Waals surface area contributed by atoms with Crippen molar-refractivity contribution in [1.82, 2.24) is 9.88 Å². The molecule has 114 valence electrons. The van der Waals surface area contributed by atoms with E-state index in [4.69, 9.17) is 4.74 Å². The lowest BCUT2D eigenvalue weighted by atomic mass is 9.83. The third-order valence-electron chi connectivity index (χ3n) is 4.60. The Balaban J connectivity index is 1.78. The van der Waals surface area contributed by atoms with Crippen molar-refractivity contribution in [3.8, 4) is 0 Å². The van der Waals surface area contributed by atoms with Crippen LogP contribution in [-0.4, -0.2) is 61.5 Å². The minimum Gasteiger partial charge on any atom is -0.384 e. The number of sulfone groups is 1. The van der Waals surface area contributed by atoms with E-state index < -0.39 is 14.6 Å². The molecule has 1 spiro atoms. The molecule has 2 aliphatic rings. The normalized spacial score (nSPS) is 25.8. The zero-order chi connectivity index (χ0) is 15.1. The molecular weight excluding hydrogens is 292 g/mol. The maximum absolute atomic E-state index is 12.4. The number of nitrogens with zero attached hydrogens (tertiary/aromatic N) is 2. The van der Waals surface area contributed by atoms with Gasteiger partial charge in [0.25, 0.3) is 5.91 Å². The average molecular weight is 310 g/mol. The molecule has 2 saturated heterocycles. The molecule has 0 radical (unpaired) electrons. The summed E-state index contributed by atoms with van der Waals surface area (Å²) in [5.74, 6) is 0.0356. The van der Waals surface area contributed by atoms with Gasteiger partial charge in [0, 0.05) is 44.1 Å². The number of rotatable bonds is 3. The van der Waals surface area contributed by atoms with Crippen LogP contribution >= 0.6 is 0 Å². The molecule has 1 unspecified atom stereocenters. The van der Waals surface area contributed by atoms with E-state index in [9.17, 15) is 13.2 Å². The minimum atomic E-state index is -3.16. The predicted molar refractivity (Wildman–Crippen MR) is 76.6 cm³/mol. The maximum atomic E-state index is 12.4. The third kappa shape index (κ3) is 2.15. The van der Waals surface area contributed by atoms with Gasteiger partial charge in [-0.25, -0.2) is 8.42 Å². The summed E-state index contributed by atoms with van der Waals surface area (Å²) in [6.45, 7) is 0.964. The number of pyridine rings is 1. The van der Waals surface area contributed by atoms with Crippen molar-refractivity contribution in [2.24, 2.45) is 5.92 Å². The van der Waals surface area contributed by atoms with Crippen LogP contribution in [0.2, 0.25) is 0 Å². The van der Waals surface area contributed by atoms with Gasteiger partial charge < -0.3 is 9.64 Å². The summed E-state index contributed by atoms with van der Waals surface area (Å²) in [5, 5.41) is 0. The lowest BCUT2D eigenvalue weighted by molar-refractivity contribution is 0.0337. The first kappa shape index (κ1) is 14.5. The van der Waals surface area contributed by atoms with Gasteiger partial charge in [-0.2, -0.15) is 0 Å². The molecule has 2 aliphatic heterocycles. The highest BCUT2D eigenvalue weighted by atomic mass is 32.2. The Labute approximate surface area is 124 Å². The summed E-state index contributed by atoms with van der Waals surface area (Å²) in [4.78, 5) is 17.8. The van der Waals surface area contributed by atoms with E-state index in [-0.39, 0.29) is 30.7 Å². The van der Waals surface area contributed by atoms with Crippen LogP contribution in [0.4, 0.5) is 0 Å². The Hall–Kier alpha value is -1.47. The van der Waals surface area contributed by atoms with Gasteiger partial charge in [-0.3, -0.25) is 9.78 Å². The molecule has 6 nitrogen and oxygen atoms in total. The molecule has 0 saturated carbocycles. The molecule has 0 aliphatic carbocycles. The molecule has 0 aromatic carbocycles. The van der Waals surface area contributed by atoms with Crippen molar-refractivity contribution >= 4 is 15.7 Å². The monoisotopic (exact) mass is 310 g/mol. The zero-order valence-electron chi connectivity index (χ0n) is 11.9. The zero-order valence-corrected chi connectivity index (χ0v) is 12.7. The summed E-state index contributed by atoms with van der Waals surface area (Å²) < 4.78 is 29.1. The standard InChI is InChI=1S/C14H18N2O4S/c1-20-8-12-4-7-21(18,19)14(12)9-16(10-14)13(17)11-2-5-15-6-3-11/h2-3,5-6,12H,4,7-10H2,1H3. The topological polar surface area (TPSA) is 76.6 Å². The van der Waals surface area contributed by atoms with Crippen LogP contribution in [0.15, 0.2) is 24.5 Å². The van der Waals surface area contributed by atoms with E-state index in [1.807, 2.05) is 0 Å². The molecule has 1 atom stereocenters. The van der Waals surface area contributed by atoms with Crippen molar-refractivity contribution in [2.45, 2.75) is 11.2 Å². The average Bonchev–Trinajstić information content (AvgIpc) is 2.69. The van der Waals surface area contributed by atoms with E-state index in [1.165, 1.54) is 0 Å². The first-order valence-corrected chi connectivity index (χ1v) is 8.56. The number of methoxy groups -OCH3 is 1. The molecule has 0 N–H and O–H groups in total. The molecule has 0 bridgehead atoms. The van der Waals surface area contributed by atoms with Crippen LogP contribution in [0.25, 0.3) is 0 Å². The molecule has 2 fully saturated rings. The third-order valence-corrected chi connectivity index (χ3v) is 7.20. The Morgan fingerprint density at radius 2 is 2.10 bits per heavy atom. The largest absolute Gasteiger partial charge is 0.384 e. The summed E-state index contributed by atoms with van der Waals surface area (Å²) in [5.41, 5.74) is 0.540. The van der Waals surface area contributed by atoms with Gasteiger partial charge in [-0.1, -0.05) is 0 Å². The highest BCUT2D eigenvalue weighted by molar-refractivity contribution is 7.93. The lowest BCUT2D eigenvalue weighted by Crippen LogP contribution is -2.68. The van der Waals surface area contributed by atoms with Crippen LogP contribution in [0.1, 0.15) is 16.8 Å². The smallest absolute Gasteiger partial charge is 0.254 e. The number of amides is 1. The van der Waals surface area contributed by atoms with Gasteiger partial charge in [-0.15, -0.1) is 0 Å². The molecule has 1 aromatic rings. The van der Waals surface area contributed by atoms with Crippen molar-refractivity contribution < 1.29 is 17.9 Å². The molecule has 1 aromatic heterocycles. The van der Waals surface area contributed by atoms with E-state index in [2.05, 4.69) is 4.98 Å². The van der Waals surface area contributed by atoms with Crippen LogP contribution in [-0.2, 0) is 14.6 Å². The number of carbonyl (C=O) groups excluding carboxylic acids is 1. The summed E-state index contributed by atoms with van der Waals surface area (Å²) in [6, 6.07) is 3.28. The van der Waals surface area contributed by atoms with E-state index in [0.29, 0.717) is 18.6 Å². The quantitative estimate of drug-likeness (QED) is 0.805. The summed E-state index contributed by atoms with van der Waals surface area (Å²) in [6.07, 6.45) is 3.74. The van der Waals surface area contributed by atoms with Crippen LogP contribution in [0.3, 0.4) is 0 Å². The Bertz CT molecular complexity index is 638. The molecule has 1 amide bonds. The number of hydrogen-bond acceptors (Lipinski definition) is 5. The summed E-state index contributed by atoms with van der Waals surface area (Å²) >= 11 is 0. The molecular formula is C14H18N2O4S. The fourth-order valence-electron chi connectivity index (χ4n) is 3.33. The Morgan fingerprint density at radius 1 is 1.43 bits per heavy atom. The first-order valence-electron chi connectivity index (χ1n) is 6.91. The highest BCUT2D eigenvalue weighted by Gasteiger charge is 2.62. The second-order valence-corrected chi connectivity index (χ2v) is 8.17. The van der Waals surface area contributed by atoms with Crippen molar-refractivity contribution in [2.75, 3.05) is 32.6 Å². The van der Waals surface area contributed by atoms with Gasteiger partial charge in [0.15, 0.2) is 9.84 Å². The molecule has 7 heteroatoms. The van der Waals surface area contributed by atoms with Gasteiger partial charge >= 0.3 is 0 Å². The fourth-order valence-corrected chi connectivity index (χ4v) is 5.73. The number of aromatic nitrogens is 1. The second-order valence-electron chi connectivity index (χ2n) is 5.72. The molecule has 21 heavy (non-hydrogen) atoms. The minimum absolute atomic E-state index is 0.0195. The second kappa shape index (κ2) is 5.06. The first-order chi connectivity index (χ1) is 10.00. The van der Waals surface area contributed by atoms with E-state index in [1.54, 1.807) is 36.5 Å². The predicted octanol–water partition coefficient (Wildman–Crippen LogP) is 0.357. The number of hydrogen-bond donors (Lipinski definition) is 0. The molecule has 3 heterocycles. The van der Waals surface area contributed by atoms with Crippen LogP contribution in [0.5, 0.6) is 0 Å². The van der Waals surface area contributed by atoms with Crippen molar-refractivity contribution in [3.63, 3.8) is 0 Å². The number of ether oxygens (including phenoxy) is 1. The molecule has 3 rings (SSSR count).